The van der Waals surface area contributed by atoms with E-state index < -0.39 is 6.04 Å². The van der Waals surface area contributed by atoms with Gasteiger partial charge in [0.05, 0.1) is 24.3 Å². The van der Waals surface area contributed by atoms with E-state index in [1.807, 2.05) is 0 Å². The summed E-state index contributed by atoms with van der Waals surface area (Å²) in [5.74, 6) is 0.114. The molecule has 2 amide bonds. The molecule has 27 heavy (non-hydrogen) atoms. The van der Waals surface area contributed by atoms with Crippen LogP contribution in [0.25, 0.3) is 5.82 Å². The van der Waals surface area contributed by atoms with Gasteiger partial charge in [0.25, 0.3) is 0 Å². The van der Waals surface area contributed by atoms with Crippen LogP contribution in [0.5, 0.6) is 0 Å². The van der Waals surface area contributed by atoms with Crippen molar-refractivity contribution < 1.29 is 9.59 Å². The molecular weight excluding hydrogens is 368 g/mol. The standard InChI is InChI=1S/C18H17ClN6O2/c1-12(26)23-16(13-2-4-14(19)5-3-13)8-18(27)24-15-6-7-17(21-9-15)25-11-20-10-22-25/h2-7,9-11,16H,8H2,1H3,(H,23,26)(H,24,27)/t16-/m0/s1. The summed E-state index contributed by atoms with van der Waals surface area (Å²) in [6.45, 7) is 1.41. The summed E-state index contributed by atoms with van der Waals surface area (Å²) < 4.78 is 1.51. The van der Waals surface area contributed by atoms with Crippen LogP contribution in [0.3, 0.4) is 0 Å². The molecule has 0 aliphatic heterocycles. The maximum absolute atomic E-state index is 12.4. The van der Waals surface area contributed by atoms with Crippen LogP contribution >= 0.6 is 11.6 Å². The van der Waals surface area contributed by atoms with Crippen molar-refractivity contribution in [2.24, 2.45) is 0 Å². The second kappa shape index (κ2) is 8.41. The Labute approximate surface area is 160 Å². The van der Waals surface area contributed by atoms with Gasteiger partial charge in [0.15, 0.2) is 5.82 Å². The van der Waals surface area contributed by atoms with Crippen molar-refractivity contribution in [3.8, 4) is 5.82 Å². The third kappa shape index (κ3) is 5.11. The molecule has 8 nitrogen and oxygen atoms in total. The van der Waals surface area contributed by atoms with E-state index in [1.165, 1.54) is 30.5 Å². The average Bonchev–Trinajstić information content (AvgIpc) is 3.17. The van der Waals surface area contributed by atoms with Crippen molar-refractivity contribution in [1.29, 1.82) is 0 Å². The molecule has 3 aromatic rings. The highest BCUT2D eigenvalue weighted by Gasteiger charge is 2.17. The molecule has 0 saturated carbocycles. The summed E-state index contributed by atoms with van der Waals surface area (Å²) in [4.78, 5) is 32.0. The summed E-state index contributed by atoms with van der Waals surface area (Å²) in [5.41, 5.74) is 1.34. The zero-order chi connectivity index (χ0) is 19.2. The Kier molecular flexibility index (Phi) is 5.77. The molecule has 0 radical (unpaired) electrons. The molecule has 0 saturated heterocycles. The Bertz CT molecular complexity index is 910. The van der Waals surface area contributed by atoms with Crippen molar-refractivity contribution in [3.05, 3.63) is 65.8 Å². The normalized spacial score (nSPS) is 11.6. The lowest BCUT2D eigenvalue weighted by Gasteiger charge is -2.18. The minimum Gasteiger partial charge on any atom is -0.349 e. The topological polar surface area (TPSA) is 102 Å². The maximum atomic E-state index is 12.4. The molecule has 0 aliphatic carbocycles. The first-order valence-corrected chi connectivity index (χ1v) is 8.52. The number of pyridine rings is 1. The predicted octanol–water partition coefficient (Wildman–Crippen LogP) is 2.52. The second-order valence-electron chi connectivity index (χ2n) is 5.80. The number of carbonyl (C=O) groups excluding carboxylic acids is 2. The van der Waals surface area contributed by atoms with Crippen LogP contribution in [0.4, 0.5) is 5.69 Å². The summed E-state index contributed by atoms with van der Waals surface area (Å²) >= 11 is 5.90. The molecule has 2 heterocycles. The minimum absolute atomic E-state index is 0.0754. The number of amides is 2. The molecule has 2 N–H and O–H groups in total. The van der Waals surface area contributed by atoms with Crippen molar-refractivity contribution in [2.45, 2.75) is 19.4 Å². The monoisotopic (exact) mass is 384 g/mol. The van der Waals surface area contributed by atoms with Crippen LogP contribution in [-0.4, -0.2) is 31.6 Å². The lowest BCUT2D eigenvalue weighted by molar-refractivity contribution is -0.120. The largest absolute Gasteiger partial charge is 0.349 e. The zero-order valence-electron chi connectivity index (χ0n) is 14.5. The van der Waals surface area contributed by atoms with Gasteiger partial charge in [0.1, 0.15) is 12.7 Å². The third-order valence-electron chi connectivity index (χ3n) is 3.72. The quantitative estimate of drug-likeness (QED) is 0.680. The molecule has 2 aromatic heterocycles. The van der Waals surface area contributed by atoms with Gasteiger partial charge in [0, 0.05) is 11.9 Å². The SMILES string of the molecule is CC(=O)N[C@@H](CC(=O)Nc1ccc(-n2cncn2)nc1)c1ccc(Cl)cc1. The molecule has 9 heteroatoms. The van der Waals surface area contributed by atoms with Crippen LogP contribution in [0.15, 0.2) is 55.2 Å². The van der Waals surface area contributed by atoms with Gasteiger partial charge in [-0.2, -0.15) is 5.10 Å². The van der Waals surface area contributed by atoms with Gasteiger partial charge in [-0.15, -0.1) is 0 Å². The number of carbonyl (C=O) groups is 2. The highest BCUT2D eigenvalue weighted by atomic mass is 35.5. The summed E-state index contributed by atoms with van der Waals surface area (Å²) in [6.07, 6.45) is 4.55. The van der Waals surface area contributed by atoms with Crippen LogP contribution in [-0.2, 0) is 9.59 Å². The number of nitrogens with one attached hydrogen (secondary N) is 2. The zero-order valence-corrected chi connectivity index (χ0v) is 15.2. The van der Waals surface area contributed by atoms with E-state index in [0.717, 1.165) is 5.56 Å². The molecule has 0 aliphatic rings. The van der Waals surface area contributed by atoms with Gasteiger partial charge in [-0.1, -0.05) is 23.7 Å². The number of hydrogen-bond donors (Lipinski definition) is 2. The van der Waals surface area contributed by atoms with Gasteiger partial charge in [-0.3, -0.25) is 9.59 Å². The number of benzene rings is 1. The van der Waals surface area contributed by atoms with E-state index in [0.29, 0.717) is 16.5 Å². The molecule has 138 valence electrons. The molecule has 0 fully saturated rings. The lowest BCUT2D eigenvalue weighted by atomic mass is 10.0. The third-order valence-corrected chi connectivity index (χ3v) is 3.98. The Morgan fingerprint density at radius 3 is 2.56 bits per heavy atom. The Morgan fingerprint density at radius 1 is 1.19 bits per heavy atom. The fourth-order valence-electron chi connectivity index (χ4n) is 2.51. The summed E-state index contributed by atoms with van der Waals surface area (Å²) in [6, 6.07) is 9.98. The van der Waals surface area contributed by atoms with Crippen molar-refractivity contribution in [3.63, 3.8) is 0 Å². The first kappa shape index (κ1) is 18.5. The summed E-state index contributed by atoms with van der Waals surface area (Å²) in [7, 11) is 0. The van der Waals surface area contributed by atoms with E-state index in [-0.39, 0.29) is 18.2 Å². The van der Waals surface area contributed by atoms with E-state index in [1.54, 1.807) is 36.4 Å². The molecule has 3 rings (SSSR count). The minimum atomic E-state index is -0.456. The first-order valence-electron chi connectivity index (χ1n) is 8.15. The van der Waals surface area contributed by atoms with Crippen molar-refractivity contribution >= 4 is 29.1 Å². The molecule has 1 atom stereocenters. The van der Waals surface area contributed by atoms with Crippen molar-refractivity contribution in [1.82, 2.24) is 25.1 Å². The highest BCUT2D eigenvalue weighted by molar-refractivity contribution is 6.30. The first-order chi connectivity index (χ1) is 13.0. The maximum Gasteiger partial charge on any atom is 0.226 e. The fraction of sp³-hybridized carbons (Fsp3) is 0.167. The Hall–Kier alpha value is -3.26. The number of nitrogens with zero attached hydrogens (tertiary/aromatic N) is 4. The van der Waals surface area contributed by atoms with Crippen LogP contribution in [0, 0.1) is 0 Å². The van der Waals surface area contributed by atoms with E-state index in [4.69, 9.17) is 11.6 Å². The number of rotatable bonds is 6. The molecular formula is C18H17ClN6O2. The van der Waals surface area contributed by atoms with E-state index in [9.17, 15) is 9.59 Å². The number of halogens is 1. The van der Waals surface area contributed by atoms with E-state index in [2.05, 4.69) is 25.7 Å². The Morgan fingerprint density at radius 2 is 1.96 bits per heavy atom. The fourth-order valence-corrected chi connectivity index (χ4v) is 2.64. The Balaban J connectivity index is 1.66. The van der Waals surface area contributed by atoms with Gasteiger partial charge < -0.3 is 10.6 Å². The number of aromatic nitrogens is 4. The molecule has 0 spiro atoms. The van der Waals surface area contributed by atoms with Crippen LogP contribution in [0.1, 0.15) is 24.9 Å². The van der Waals surface area contributed by atoms with Gasteiger partial charge in [-0.25, -0.2) is 14.6 Å². The molecule has 1 aromatic carbocycles. The number of anilines is 1. The van der Waals surface area contributed by atoms with Crippen LogP contribution < -0.4 is 10.6 Å². The highest BCUT2D eigenvalue weighted by Crippen LogP contribution is 2.20. The van der Waals surface area contributed by atoms with Gasteiger partial charge in [0.2, 0.25) is 11.8 Å². The second-order valence-corrected chi connectivity index (χ2v) is 6.24. The predicted molar refractivity (Wildman–Crippen MR) is 100 cm³/mol. The van der Waals surface area contributed by atoms with E-state index >= 15 is 0 Å². The van der Waals surface area contributed by atoms with Crippen molar-refractivity contribution in [2.75, 3.05) is 5.32 Å². The van der Waals surface area contributed by atoms with Gasteiger partial charge in [-0.05, 0) is 29.8 Å². The molecule has 0 unspecified atom stereocenters. The average molecular weight is 385 g/mol. The summed E-state index contributed by atoms with van der Waals surface area (Å²) in [5, 5.41) is 10.1. The molecule has 0 bridgehead atoms. The number of hydrogen-bond acceptors (Lipinski definition) is 5. The van der Waals surface area contributed by atoms with Crippen LogP contribution in [0.2, 0.25) is 5.02 Å². The van der Waals surface area contributed by atoms with Gasteiger partial charge >= 0.3 is 0 Å². The smallest absolute Gasteiger partial charge is 0.226 e. The lowest BCUT2D eigenvalue weighted by Crippen LogP contribution is -2.29.